The molecule has 1 aromatic heterocycles. The van der Waals surface area contributed by atoms with Gasteiger partial charge in [0.2, 0.25) is 5.91 Å². The van der Waals surface area contributed by atoms with E-state index in [2.05, 4.69) is 22.4 Å². The van der Waals surface area contributed by atoms with Gasteiger partial charge in [0.1, 0.15) is 5.82 Å². The topological polar surface area (TPSA) is 57.7 Å². The summed E-state index contributed by atoms with van der Waals surface area (Å²) in [6.07, 6.45) is 5.81. The predicted molar refractivity (Wildman–Crippen MR) is 98.8 cm³/mol. The molecule has 6 heteroatoms. The van der Waals surface area contributed by atoms with Crippen LogP contribution in [-0.2, 0) is 16.0 Å². The molecular formula is C19H30N4O2. The molecule has 0 aromatic carbocycles. The second-order valence-electron chi connectivity index (χ2n) is 7.26. The number of hydrogen-bond acceptors (Lipinski definition) is 5. The van der Waals surface area contributed by atoms with Crippen LogP contribution >= 0.6 is 0 Å². The Morgan fingerprint density at radius 1 is 1.40 bits per heavy atom. The van der Waals surface area contributed by atoms with Gasteiger partial charge in [0, 0.05) is 39.3 Å². The molecule has 0 radical (unpaired) electrons. The van der Waals surface area contributed by atoms with Gasteiger partial charge in [-0.05, 0) is 56.5 Å². The summed E-state index contributed by atoms with van der Waals surface area (Å²) >= 11 is 0. The summed E-state index contributed by atoms with van der Waals surface area (Å²) < 4.78 is 5.91. The van der Waals surface area contributed by atoms with Gasteiger partial charge >= 0.3 is 0 Å². The van der Waals surface area contributed by atoms with E-state index in [1.165, 1.54) is 5.56 Å². The molecule has 1 atom stereocenters. The minimum absolute atomic E-state index is 0.135. The molecule has 1 N–H and O–H groups in total. The molecule has 6 nitrogen and oxygen atoms in total. The van der Waals surface area contributed by atoms with Crippen LogP contribution in [0.4, 0.5) is 5.82 Å². The monoisotopic (exact) mass is 346 g/mol. The summed E-state index contributed by atoms with van der Waals surface area (Å²) in [7, 11) is 4.00. The maximum Gasteiger partial charge on any atom is 0.225 e. The third-order valence-electron chi connectivity index (χ3n) is 5.16. The third kappa shape index (κ3) is 4.92. The zero-order chi connectivity index (χ0) is 17.6. The number of rotatable bonds is 5. The van der Waals surface area contributed by atoms with E-state index in [4.69, 9.17) is 4.74 Å². The highest BCUT2D eigenvalue weighted by atomic mass is 16.5. The van der Waals surface area contributed by atoms with Gasteiger partial charge in [0.15, 0.2) is 0 Å². The molecule has 0 saturated carbocycles. The molecule has 2 fully saturated rings. The fourth-order valence-electron chi connectivity index (χ4n) is 3.61. The van der Waals surface area contributed by atoms with Crippen LogP contribution in [0.5, 0.6) is 0 Å². The van der Waals surface area contributed by atoms with Gasteiger partial charge in [-0.1, -0.05) is 0 Å². The van der Waals surface area contributed by atoms with Crippen molar-refractivity contribution >= 4 is 11.7 Å². The number of nitrogens with one attached hydrogen (secondary N) is 1. The third-order valence-corrected chi connectivity index (χ3v) is 5.16. The number of nitrogens with zero attached hydrogens (tertiary/aromatic N) is 3. The maximum atomic E-state index is 12.7. The first-order chi connectivity index (χ1) is 12.1. The molecule has 0 spiro atoms. The van der Waals surface area contributed by atoms with E-state index in [1.54, 1.807) is 0 Å². The van der Waals surface area contributed by atoms with Crippen molar-refractivity contribution in [2.45, 2.75) is 31.8 Å². The Morgan fingerprint density at radius 3 is 2.96 bits per heavy atom. The highest BCUT2D eigenvalue weighted by Gasteiger charge is 2.29. The Kier molecular flexibility index (Phi) is 6.26. The number of pyridine rings is 1. The first-order valence-corrected chi connectivity index (χ1v) is 9.37. The van der Waals surface area contributed by atoms with Gasteiger partial charge in [-0.3, -0.25) is 4.79 Å². The van der Waals surface area contributed by atoms with Crippen molar-refractivity contribution in [3.8, 4) is 0 Å². The lowest BCUT2D eigenvalue weighted by Gasteiger charge is -2.36. The second-order valence-corrected chi connectivity index (χ2v) is 7.26. The first kappa shape index (κ1) is 18.1. The van der Waals surface area contributed by atoms with Crippen molar-refractivity contribution in [2.24, 2.45) is 5.92 Å². The minimum Gasteiger partial charge on any atom is -0.375 e. The highest BCUT2D eigenvalue weighted by Crippen LogP contribution is 2.19. The van der Waals surface area contributed by atoms with Crippen LogP contribution in [0.2, 0.25) is 0 Å². The average molecular weight is 346 g/mol. The van der Waals surface area contributed by atoms with E-state index < -0.39 is 0 Å². The van der Waals surface area contributed by atoms with Crippen molar-refractivity contribution in [2.75, 3.05) is 51.8 Å². The second kappa shape index (κ2) is 8.63. The Hall–Kier alpha value is -1.66. The van der Waals surface area contributed by atoms with Crippen molar-refractivity contribution < 1.29 is 9.53 Å². The maximum absolute atomic E-state index is 12.7. The number of ether oxygens (including phenoxy) is 1. The standard InChI is InChI=1S/C19H30N4O2/c1-22(2)18-13-15(5-10-21-18)3-4-17-14-23(11-12-25-17)19(24)16-6-8-20-9-7-16/h5,10,13,16-17,20H,3-4,6-9,11-12,14H2,1-2H3/t17-/m1/s1. The van der Waals surface area contributed by atoms with Gasteiger partial charge in [0.25, 0.3) is 0 Å². The van der Waals surface area contributed by atoms with E-state index in [-0.39, 0.29) is 12.0 Å². The summed E-state index contributed by atoms with van der Waals surface area (Å²) in [6, 6.07) is 4.19. The number of morpholine rings is 1. The fourth-order valence-corrected chi connectivity index (χ4v) is 3.61. The molecule has 0 unspecified atom stereocenters. The van der Waals surface area contributed by atoms with E-state index >= 15 is 0 Å². The number of aromatic nitrogens is 1. The lowest BCUT2D eigenvalue weighted by molar-refractivity contribution is -0.144. The van der Waals surface area contributed by atoms with Gasteiger partial charge in [-0.2, -0.15) is 0 Å². The molecule has 2 aliphatic rings. The lowest BCUT2D eigenvalue weighted by Crippen LogP contribution is -2.49. The molecule has 1 amide bonds. The van der Waals surface area contributed by atoms with E-state index in [9.17, 15) is 4.79 Å². The van der Waals surface area contributed by atoms with Crippen molar-refractivity contribution in [1.82, 2.24) is 15.2 Å². The molecule has 1 aromatic rings. The number of hydrogen-bond donors (Lipinski definition) is 1. The number of aryl methyl sites for hydroxylation is 1. The number of anilines is 1. The molecule has 138 valence electrons. The van der Waals surface area contributed by atoms with Gasteiger partial charge in [0.05, 0.1) is 12.7 Å². The molecule has 2 aliphatic heterocycles. The fraction of sp³-hybridized carbons (Fsp3) is 0.684. The van der Waals surface area contributed by atoms with Crippen LogP contribution in [0.25, 0.3) is 0 Å². The number of amides is 1. The first-order valence-electron chi connectivity index (χ1n) is 9.37. The Morgan fingerprint density at radius 2 is 2.20 bits per heavy atom. The van der Waals surface area contributed by atoms with Crippen molar-refractivity contribution in [1.29, 1.82) is 0 Å². The average Bonchev–Trinajstić information content (AvgIpc) is 2.67. The normalized spacial score (nSPS) is 22.0. The zero-order valence-electron chi connectivity index (χ0n) is 15.4. The largest absolute Gasteiger partial charge is 0.375 e. The molecule has 0 aliphatic carbocycles. The van der Waals surface area contributed by atoms with Crippen LogP contribution in [-0.4, -0.2) is 68.8 Å². The summed E-state index contributed by atoms with van der Waals surface area (Å²) in [6.45, 7) is 4.04. The van der Waals surface area contributed by atoms with Gasteiger partial charge in [-0.25, -0.2) is 4.98 Å². The Bertz CT molecular complexity index is 572. The van der Waals surface area contributed by atoms with Crippen LogP contribution < -0.4 is 10.2 Å². The number of carbonyl (C=O) groups excluding carboxylic acids is 1. The Balaban J connectivity index is 1.51. The van der Waals surface area contributed by atoms with E-state index in [1.807, 2.05) is 30.1 Å². The molecule has 2 saturated heterocycles. The van der Waals surface area contributed by atoms with Crippen LogP contribution in [0.3, 0.4) is 0 Å². The number of carbonyl (C=O) groups is 1. The molecule has 3 heterocycles. The van der Waals surface area contributed by atoms with E-state index in [0.29, 0.717) is 12.5 Å². The van der Waals surface area contributed by atoms with Crippen molar-refractivity contribution in [3.63, 3.8) is 0 Å². The van der Waals surface area contributed by atoms with Gasteiger partial charge < -0.3 is 19.9 Å². The lowest BCUT2D eigenvalue weighted by atomic mass is 9.96. The predicted octanol–water partition coefficient (Wildman–Crippen LogP) is 1.31. The SMILES string of the molecule is CN(C)c1cc(CC[C@@H]2CN(C(=O)C3CCNCC3)CCO2)ccn1. The highest BCUT2D eigenvalue weighted by molar-refractivity contribution is 5.79. The van der Waals surface area contributed by atoms with E-state index in [0.717, 1.165) is 57.7 Å². The minimum atomic E-state index is 0.135. The summed E-state index contributed by atoms with van der Waals surface area (Å²) in [5, 5.41) is 3.33. The molecule has 3 rings (SSSR count). The number of piperidine rings is 1. The molecule has 25 heavy (non-hydrogen) atoms. The summed E-state index contributed by atoms with van der Waals surface area (Å²) in [5.41, 5.74) is 1.27. The Labute approximate surface area is 150 Å². The quantitative estimate of drug-likeness (QED) is 0.871. The van der Waals surface area contributed by atoms with Crippen LogP contribution in [0.15, 0.2) is 18.3 Å². The molecule has 0 bridgehead atoms. The summed E-state index contributed by atoms with van der Waals surface area (Å²) in [4.78, 5) is 21.1. The summed E-state index contributed by atoms with van der Waals surface area (Å²) in [5.74, 6) is 1.50. The molecular weight excluding hydrogens is 316 g/mol. The van der Waals surface area contributed by atoms with Gasteiger partial charge in [-0.15, -0.1) is 0 Å². The van der Waals surface area contributed by atoms with Crippen LogP contribution in [0, 0.1) is 5.92 Å². The van der Waals surface area contributed by atoms with Crippen LogP contribution in [0.1, 0.15) is 24.8 Å². The van der Waals surface area contributed by atoms with Crippen molar-refractivity contribution in [3.05, 3.63) is 23.9 Å². The zero-order valence-corrected chi connectivity index (χ0v) is 15.4. The smallest absolute Gasteiger partial charge is 0.225 e.